The molecule has 23 heavy (non-hydrogen) atoms. The largest absolute Gasteiger partial charge is 0.494 e. The van der Waals surface area contributed by atoms with Gasteiger partial charge in [-0.1, -0.05) is 12.1 Å². The zero-order chi connectivity index (χ0) is 16.4. The number of benzene rings is 2. The van der Waals surface area contributed by atoms with Crippen LogP contribution in [0.25, 0.3) is 0 Å². The van der Waals surface area contributed by atoms with Crippen LogP contribution in [0.1, 0.15) is 34.6 Å². The molecular weight excluding hydrogens is 294 g/mol. The molecule has 1 aliphatic rings. The Morgan fingerprint density at radius 1 is 0.870 bits per heavy atom. The Morgan fingerprint density at radius 3 is 2.04 bits per heavy atom. The molecule has 0 radical (unpaired) electrons. The molecule has 5 nitrogen and oxygen atoms in total. The van der Waals surface area contributed by atoms with Gasteiger partial charge in [-0.3, -0.25) is 9.59 Å². The Morgan fingerprint density at radius 2 is 1.48 bits per heavy atom. The number of hydrogen-bond donors (Lipinski definition) is 0. The van der Waals surface area contributed by atoms with E-state index in [-0.39, 0.29) is 11.8 Å². The van der Waals surface area contributed by atoms with Crippen LogP contribution < -0.4 is 14.4 Å². The third-order valence-corrected chi connectivity index (χ3v) is 3.58. The first-order valence-corrected chi connectivity index (χ1v) is 7.54. The normalized spacial score (nSPS) is 13.2. The third kappa shape index (κ3) is 2.54. The molecule has 0 N–H and O–H groups in total. The molecule has 0 spiro atoms. The number of anilines is 1. The van der Waals surface area contributed by atoms with Crippen molar-refractivity contribution in [2.45, 2.75) is 13.8 Å². The monoisotopic (exact) mass is 311 g/mol. The SMILES string of the molecule is CCOc1ccc(OCC)c(N2C(=O)c3ccccc3C2=O)c1. The summed E-state index contributed by atoms with van der Waals surface area (Å²) in [6.07, 6.45) is 0. The van der Waals surface area contributed by atoms with Crippen molar-refractivity contribution in [2.24, 2.45) is 0 Å². The molecule has 2 amide bonds. The fourth-order valence-corrected chi connectivity index (χ4v) is 2.61. The Bertz CT molecular complexity index is 734. The van der Waals surface area contributed by atoms with Gasteiger partial charge in [-0.25, -0.2) is 4.90 Å². The summed E-state index contributed by atoms with van der Waals surface area (Å²) in [7, 11) is 0. The van der Waals surface area contributed by atoms with E-state index in [9.17, 15) is 9.59 Å². The van der Waals surface area contributed by atoms with Crippen molar-refractivity contribution in [2.75, 3.05) is 18.1 Å². The maximum Gasteiger partial charge on any atom is 0.266 e. The van der Waals surface area contributed by atoms with Crippen LogP contribution in [0, 0.1) is 0 Å². The maximum absolute atomic E-state index is 12.6. The number of hydrogen-bond acceptors (Lipinski definition) is 4. The number of imide groups is 1. The third-order valence-electron chi connectivity index (χ3n) is 3.58. The lowest BCUT2D eigenvalue weighted by atomic mass is 10.1. The van der Waals surface area contributed by atoms with E-state index in [2.05, 4.69) is 0 Å². The maximum atomic E-state index is 12.6. The predicted molar refractivity (Wildman–Crippen MR) is 86.4 cm³/mol. The Hall–Kier alpha value is -2.82. The van der Waals surface area contributed by atoms with Crippen LogP contribution in [0.4, 0.5) is 5.69 Å². The van der Waals surface area contributed by atoms with Crippen LogP contribution in [-0.4, -0.2) is 25.0 Å². The average molecular weight is 311 g/mol. The summed E-state index contributed by atoms with van der Waals surface area (Å²) in [5.41, 5.74) is 1.22. The van der Waals surface area contributed by atoms with Crippen LogP contribution in [0.2, 0.25) is 0 Å². The van der Waals surface area contributed by atoms with Crippen molar-refractivity contribution < 1.29 is 19.1 Å². The first-order chi connectivity index (χ1) is 11.2. The summed E-state index contributed by atoms with van der Waals surface area (Å²) < 4.78 is 11.1. The van der Waals surface area contributed by atoms with Gasteiger partial charge >= 0.3 is 0 Å². The zero-order valence-electron chi connectivity index (χ0n) is 13.0. The van der Waals surface area contributed by atoms with Crippen molar-refractivity contribution in [3.05, 3.63) is 53.6 Å². The van der Waals surface area contributed by atoms with Gasteiger partial charge in [-0.15, -0.1) is 0 Å². The number of ether oxygens (including phenoxy) is 2. The highest BCUT2D eigenvalue weighted by molar-refractivity contribution is 6.34. The quantitative estimate of drug-likeness (QED) is 0.795. The number of nitrogens with zero attached hydrogens (tertiary/aromatic N) is 1. The average Bonchev–Trinajstić information content (AvgIpc) is 2.81. The van der Waals surface area contributed by atoms with Crippen molar-refractivity contribution >= 4 is 17.5 Å². The minimum absolute atomic E-state index is 0.347. The highest BCUT2D eigenvalue weighted by Gasteiger charge is 2.37. The summed E-state index contributed by atoms with van der Waals surface area (Å²) in [5.74, 6) is 0.369. The van der Waals surface area contributed by atoms with Gasteiger partial charge in [0.2, 0.25) is 0 Å². The Labute approximate surface area is 134 Å². The highest BCUT2D eigenvalue weighted by atomic mass is 16.5. The molecular formula is C18H17NO4. The Balaban J connectivity index is 2.09. The topological polar surface area (TPSA) is 55.8 Å². The summed E-state index contributed by atoms with van der Waals surface area (Å²) in [6.45, 7) is 4.65. The fourth-order valence-electron chi connectivity index (χ4n) is 2.61. The molecule has 0 unspecified atom stereocenters. The van der Waals surface area contributed by atoms with Gasteiger partial charge in [0.1, 0.15) is 11.5 Å². The van der Waals surface area contributed by atoms with Gasteiger partial charge in [-0.2, -0.15) is 0 Å². The minimum Gasteiger partial charge on any atom is -0.494 e. The number of carbonyl (C=O) groups excluding carboxylic acids is 2. The molecule has 0 bridgehead atoms. The van der Waals surface area contributed by atoms with Crippen LogP contribution in [0.3, 0.4) is 0 Å². The molecule has 2 aromatic rings. The number of rotatable bonds is 5. The van der Waals surface area contributed by atoms with Crippen molar-refractivity contribution in [3.8, 4) is 11.5 Å². The van der Waals surface area contributed by atoms with Crippen molar-refractivity contribution in [1.82, 2.24) is 0 Å². The van der Waals surface area contributed by atoms with Gasteiger partial charge in [0, 0.05) is 6.07 Å². The lowest BCUT2D eigenvalue weighted by molar-refractivity contribution is 0.0925. The standard InChI is InChI=1S/C18H17NO4/c1-3-22-12-9-10-16(23-4-2)15(11-12)19-17(20)13-7-5-6-8-14(13)18(19)21/h5-11H,3-4H2,1-2H3. The van der Waals surface area contributed by atoms with Crippen molar-refractivity contribution in [1.29, 1.82) is 0 Å². The van der Waals surface area contributed by atoms with E-state index in [0.717, 1.165) is 4.90 Å². The van der Waals surface area contributed by atoms with E-state index in [1.165, 1.54) is 0 Å². The van der Waals surface area contributed by atoms with Crippen LogP contribution >= 0.6 is 0 Å². The molecule has 0 aliphatic carbocycles. The summed E-state index contributed by atoms with van der Waals surface area (Å²) in [6, 6.07) is 11.9. The van der Waals surface area contributed by atoms with Gasteiger partial charge in [0.25, 0.3) is 11.8 Å². The molecule has 0 atom stereocenters. The van der Waals surface area contributed by atoms with E-state index >= 15 is 0 Å². The number of fused-ring (bicyclic) bond motifs is 1. The minimum atomic E-state index is -0.347. The van der Waals surface area contributed by atoms with E-state index in [4.69, 9.17) is 9.47 Å². The van der Waals surface area contributed by atoms with Crippen LogP contribution in [0.5, 0.6) is 11.5 Å². The summed E-state index contributed by atoms with van der Waals surface area (Å²) >= 11 is 0. The summed E-state index contributed by atoms with van der Waals surface area (Å²) in [4.78, 5) is 26.4. The Kier molecular flexibility index (Phi) is 4.02. The smallest absolute Gasteiger partial charge is 0.266 e. The van der Waals surface area contributed by atoms with E-state index in [0.29, 0.717) is 41.5 Å². The van der Waals surface area contributed by atoms with Crippen molar-refractivity contribution in [3.63, 3.8) is 0 Å². The lowest BCUT2D eigenvalue weighted by Crippen LogP contribution is -2.29. The van der Waals surface area contributed by atoms with Crippen LogP contribution in [-0.2, 0) is 0 Å². The molecule has 1 aliphatic heterocycles. The lowest BCUT2D eigenvalue weighted by Gasteiger charge is -2.19. The molecule has 3 rings (SSSR count). The molecule has 118 valence electrons. The number of amides is 2. The highest BCUT2D eigenvalue weighted by Crippen LogP contribution is 2.37. The molecule has 0 aromatic heterocycles. The van der Waals surface area contributed by atoms with Gasteiger partial charge < -0.3 is 9.47 Å². The molecule has 0 saturated carbocycles. The second-order valence-electron chi connectivity index (χ2n) is 4.99. The molecule has 5 heteroatoms. The molecule has 2 aromatic carbocycles. The molecule has 1 heterocycles. The first-order valence-electron chi connectivity index (χ1n) is 7.54. The second-order valence-corrected chi connectivity index (χ2v) is 4.99. The van der Waals surface area contributed by atoms with Gasteiger partial charge in [0.05, 0.1) is 30.0 Å². The van der Waals surface area contributed by atoms with E-state index < -0.39 is 0 Å². The predicted octanol–water partition coefficient (Wildman–Crippen LogP) is 3.28. The van der Waals surface area contributed by atoms with E-state index in [1.807, 2.05) is 13.8 Å². The fraction of sp³-hybridized carbons (Fsp3) is 0.222. The van der Waals surface area contributed by atoms with E-state index in [1.54, 1.807) is 42.5 Å². The van der Waals surface area contributed by atoms with Crippen LogP contribution in [0.15, 0.2) is 42.5 Å². The summed E-state index contributed by atoms with van der Waals surface area (Å²) in [5, 5.41) is 0. The number of carbonyl (C=O) groups is 2. The zero-order valence-corrected chi connectivity index (χ0v) is 13.0. The molecule has 0 saturated heterocycles. The second kappa shape index (κ2) is 6.12. The van der Waals surface area contributed by atoms with Gasteiger partial charge in [-0.05, 0) is 38.1 Å². The first kappa shape index (κ1) is 15.1. The molecule has 0 fully saturated rings. The van der Waals surface area contributed by atoms with Gasteiger partial charge in [0.15, 0.2) is 0 Å².